The largest absolute Gasteiger partial charge is 0.354 e. The van der Waals surface area contributed by atoms with Crippen LogP contribution < -0.4 is 0 Å². The lowest BCUT2D eigenvalue weighted by Gasteiger charge is -2.21. The number of hydrogen-bond acceptors (Lipinski definition) is 2. The first-order valence-corrected chi connectivity index (χ1v) is 4.35. The molecule has 2 saturated heterocycles. The maximum absolute atomic E-state index is 11.3. The van der Waals surface area contributed by atoms with Crippen LogP contribution in [0.1, 0.15) is 19.3 Å². The number of carbonyl (C=O) groups is 1. The molecule has 2 heterocycles. The topological polar surface area (TPSA) is 29.5 Å². The van der Waals surface area contributed by atoms with E-state index in [1.54, 1.807) is 0 Å². The summed E-state index contributed by atoms with van der Waals surface area (Å²) >= 11 is 0. The van der Waals surface area contributed by atoms with Gasteiger partial charge in [-0.2, -0.15) is 0 Å². The minimum absolute atomic E-state index is 0.00694. The van der Waals surface area contributed by atoms with Gasteiger partial charge in [0.25, 0.3) is 0 Å². The molecule has 0 aromatic rings. The van der Waals surface area contributed by atoms with Gasteiger partial charge in [0.15, 0.2) is 0 Å². The van der Waals surface area contributed by atoms with E-state index in [4.69, 9.17) is 4.74 Å². The van der Waals surface area contributed by atoms with Gasteiger partial charge in [0, 0.05) is 19.4 Å². The highest BCUT2D eigenvalue weighted by atomic mass is 16.5. The number of likely N-dealkylation sites (tertiary alicyclic amines) is 1. The molecule has 0 aromatic heterocycles. The molecule has 0 bridgehead atoms. The van der Waals surface area contributed by atoms with Crippen LogP contribution in [0.15, 0.2) is 12.2 Å². The zero-order chi connectivity index (χ0) is 8.55. The molecule has 0 aromatic carbocycles. The summed E-state index contributed by atoms with van der Waals surface area (Å²) < 4.78 is 5.43. The summed E-state index contributed by atoms with van der Waals surface area (Å²) in [6.07, 6.45) is 2.48. The fourth-order valence-corrected chi connectivity index (χ4v) is 1.75. The van der Waals surface area contributed by atoms with Gasteiger partial charge in [-0.3, -0.25) is 4.79 Å². The number of ether oxygens (including phenoxy) is 1. The summed E-state index contributed by atoms with van der Waals surface area (Å²) in [6.45, 7) is 5.32. The average Bonchev–Trinajstić information content (AvgIpc) is 2.58. The SMILES string of the molecule is C=C1COC(N2CCCC2=O)C1. The molecule has 2 fully saturated rings. The summed E-state index contributed by atoms with van der Waals surface area (Å²) in [4.78, 5) is 13.1. The Hall–Kier alpha value is -0.830. The molecular formula is C9H13NO2. The van der Waals surface area contributed by atoms with Crippen LogP contribution in [0.2, 0.25) is 0 Å². The molecule has 12 heavy (non-hydrogen) atoms. The summed E-state index contributed by atoms with van der Waals surface area (Å²) in [5.41, 5.74) is 1.10. The number of rotatable bonds is 1. The van der Waals surface area contributed by atoms with Crippen molar-refractivity contribution in [3.05, 3.63) is 12.2 Å². The van der Waals surface area contributed by atoms with Gasteiger partial charge in [0.05, 0.1) is 6.61 Å². The normalized spacial score (nSPS) is 30.3. The first kappa shape index (κ1) is 7.80. The molecule has 2 rings (SSSR count). The predicted octanol–water partition coefficient (Wildman–Crippen LogP) is 0.911. The van der Waals surface area contributed by atoms with E-state index in [2.05, 4.69) is 6.58 Å². The van der Waals surface area contributed by atoms with Gasteiger partial charge in [-0.15, -0.1) is 0 Å². The first-order valence-electron chi connectivity index (χ1n) is 4.35. The van der Waals surface area contributed by atoms with Gasteiger partial charge in [0.2, 0.25) is 5.91 Å². The molecule has 66 valence electrons. The fraction of sp³-hybridized carbons (Fsp3) is 0.667. The van der Waals surface area contributed by atoms with Crippen molar-refractivity contribution in [3.63, 3.8) is 0 Å². The molecule has 0 radical (unpaired) electrons. The minimum atomic E-state index is -0.00694. The Labute approximate surface area is 72.0 Å². The summed E-state index contributed by atoms with van der Waals surface area (Å²) in [5.74, 6) is 0.231. The predicted molar refractivity (Wildman–Crippen MR) is 44.4 cm³/mol. The molecule has 3 nitrogen and oxygen atoms in total. The Balaban J connectivity index is 2.00. The van der Waals surface area contributed by atoms with Gasteiger partial charge in [-0.05, 0) is 12.0 Å². The smallest absolute Gasteiger partial charge is 0.224 e. The van der Waals surface area contributed by atoms with Crippen LogP contribution in [0.3, 0.4) is 0 Å². The van der Waals surface area contributed by atoms with E-state index in [1.165, 1.54) is 0 Å². The van der Waals surface area contributed by atoms with E-state index in [9.17, 15) is 4.79 Å². The lowest BCUT2D eigenvalue weighted by atomic mass is 10.2. The average molecular weight is 167 g/mol. The van der Waals surface area contributed by atoms with E-state index >= 15 is 0 Å². The third kappa shape index (κ3) is 1.25. The molecular weight excluding hydrogens is 154 g/mol. The van der Waals surface area contributed by atoms with E-state index < -0.39 is 0 Å². The Bertz CT molecular complexity index is 225. The Morgan fingerprint density at radius 3 is 2.92 bits per heavy atom. The van der Waals surface area contributed by atoms with E-state index in [0.29, 0.717) is 13.0 Å². The van der Waals surface area contributed by atoms with Gasteiger partial charge in [0.1, 0.15) is 6.23 Å². The number of carbonyl (C=O) groups excluding carboxylic acids is 1. The maximum atomic E-state index is 11.3. The third-order valence-corrected chi connectivity index (χ3v) is 2.40. The Morgan fingerprint density at radius 2 is 2.42 bits per heavy atom. The molecule has 0 aliphatic carbocycles. The van der Waals surface area contributed by atoms with Crippen LogP contribution in [0.4, 0.5) is 0 Å². The molecule has 1 amide bonds. The lowest BCUT2D eigenvalue weighted by Crippen LogP contribution is -2.35. The van der Waals surface area contributed by atoms with E-state index in [0.717, 1.165) is 25.0 Å². The van der Waals surface area contributed by atoms with Gasteiger partial charge in [-0.25, -0.2) is 0 Å². The fourth-order valence-electron chi connectivity index (χ4n) is 1.75. The molecule has 0 spiro atoms. The first-order chi connectivity index (χ1) is 5.77. The number of nitrogens with zero attached hydrogens (tertiary/aromatic N) is 1. The number of hydrogen-bond donors (Lipinski definition) is 0. The lowest BCUT2D eigenvalue weighted by molar-refractivity contribution is -0.137. The second-order valence-corrected chi connectivity index (χ2v) is 3.41. The van der Waals surface area contributed by atoms with Crippen molar-refractivity contribution in [2.45, 2.75) is 25.5 Å². The second kappa shape index (κ2) is 2.90. The molecule has 0 N–H and O–H groups in total. The van der Waals surface area contributed by atoms with Crippen molar-refractivity contribution in [2.75, 3.05) is 13.2 Å². The molecule has 1 atom stereocenters. The highest BCUT2D eigenvalue weighted by Gasteiger charge is 2.31. The van der Waals surface area contributed by atoms with Crippen molar-refractivity contribution in [3.8, 4) is 0 Å². The minimum Gasteiger partial charge on any atom is -0.354 e. The van der Waals surface area contributed by atoms with Crippen molar-refractivity contribution >= 4 is 5.91 Å². The second-order valence-electron chi connectivity index (χ2n) is 3.41. The van der Waals surface area contributed by atoms with Gasteiger partial charge >= 0.3 is 0 Å². The molecule has 2 aliphatic rings. The summed E-state index contributed by atoms with van der Waals surface area (Å²) in [5, 5.41) is 0. The van der Waals surface area contributed by atoms with Gasteiger partial charge < -0.3 is 9.64 Å². The zero-order valence-corrected chi connectivity index (χ0v) is 7.08. The van der Waals surface area contributed by atoms with Crippen molar-refractivity contribution in [1.82, 2.24) is 4.90 Å². The Kier molecular flexibility index (Phi) is 1.89. The van der Waals surface area contributed by atoms with Crippen molar-refractivity contribution in [2.24, 2.45) is 0 Å². The van der Waals surface area contributed by atoms with Gasteiger partial charge in [-0.1, -0.05) is 6.58 Å². The quantitative estimate of drug-likeness (QED) is 0.543. The summed E-state index contributed by atoms with van der Waals surface area (Å²) in [7, 11) is 0. The zero-order valence-electron chi connectivity index (χ0n) is 7.08. The van der Waals surface area contributed by atoms with Crippen molar-refractivity contribution in [1.29, 1.82) is 0 Å². The third-order valence-electron chi connectivity index (χ3n) is 2.40. The standard InChI is InChI=1S/C9H13NO2/c1-7-5-9(12-6-7)10-4-2-3-8(10)11/h9H,1-6H2. The van der Waals surface area contributed by atoms with Crippen LogP contribution in [0.25, 0.3) is 0 Å². The highest BCUT2D eigenvalue weighted by molar-refractivity contribution is 5.78. The molecule has 0 saturated carbocycles. The molecule has 2 aliphatic heterocycles. The summed E-state index contributed by atoms with van der Waals surface area (Å²) in [6, 6.07) is 0. The molecule has 1 unspecified atom stereocenters. The monoisotopic (exact) mass is 167 g/mol. The van der Waals surface area contributed by atoms with Crippen LogP contribution in [0, 0.1) is 0 Å². The van der Waals surface area contributed by atoms with E-state index in [1.807, 2.05) is 4.90 Å². The highest BCUT2D eigenvalue weighted by Crippen LogP contribution is 2.24. The van der Waals surface area contributed by atoms with Crippen LogP contribution in [-0.2, 0) is 9.53 Å². The van der Waals surface area contributed by atoms with Crippen LogP contribution in [-0.4, -0.2) is 30.2 Å². The van der Waals surface area contributed by atoms with Crippen molar-refractivity contribution < 1.29 is 9.53 Å². The molecule has 3 heteroatoms. The maximum Gasteiger partial charge on any atom is 0.224 e. The van der Waals surface area contributed by atoms with Crippen LogP contribution in [0.5, 0.6) is 0 Å². The van der Waals surface area contributed by atoms with Crippen LogP contribution >= 0.6 is 0 Å². The Morgan fingerprint density at radius 1 is 1.58 bits per heavy atom. The van der Waals surface area contributed by atoms with E-state index in [-0.39, 0.29) is 12.1 Å². The number of amides is 1.